The van der Waals surface area contributed by atoms with Crippen LogP contribution in [0.2, 0.25) is 0 Å². The Morgan fingerprint density at radius 3 is 1.49 bits per heavy atom. The minimum Gasteiger partial charge on any atom is -0.756 e. The summed E-state index contributed by atoms with van der Waals surface area (Å²) in [6.07, 6.45) is 46.7. The summed E-state index contributed by atoms with van der Waals surface area (Å²) >= 11 is 0. The molecule has 0 aromatic carbocycles. The van der Waals surface area contributed by atoms with E-state index < -0.39 is 20.5 Å². The summed E-state index contributed by atoms with van der Waals surface area (Å²) in [6.45, 7) is 1.83. The number of carbonyl (C=O) groups excluding carboxylic acids is 1. The van der Waals surface area contributed by atoms with Gasteiger partial charge in [-0.15, -0.1) is 0 Å². The molecule has 0 aliphatic carbocycles. The summed E-state index contributed by atoms with van der Waals surface area (Å²) in [5, 5.41) is 9.88. The normalized spacial score (nSPS) is 14.5. The van der Waals surface area contributed by atoms with Crippen molar-refractivity contribution in [2.24, 2.45) is 0 Å². The van der Waals surface area contributed by atoms with Crippen molar-refractivity contribution in [1.29, 1.82) is 0 Å². The van der Waals surface area contributed by atoms with E-state index in [4.69, 9.17) is 9.26 Å². The van der Waals surface area contributed by atoms with Gasteiger partial charge in [-0.25, -0.2) is 0 Å². The molecule has 0 radical (unpaired) electrons. The molecule has 2 atom stereocenters. The zero-order valence-electron chi connectivity index (χ0n) is 33.0. The Bertz CT molecular complexity index is 1000. The molecule has 0 saturated heterocycles. The van der Waals surface area contributed by atoms with Crippen LogP contribution in [0, 0.1) is 0 Å². The monoisotopic (exact) mass is 738 g/mol. The van der Waals surface area contributed by atoms with Gasteiger partial charge >= 0.3 is 5.97 Å². The number of allylic oxidation sites excluding steroid dienone is 10. The van der Waals surface area contributed by atoms with Crippen molar-refractivity contribution in [3.63, 3.8) is 0 Å². The molecular formula is C42H76NO7P. The number of aliphatic hydroxyl groups is 1. The van der Waals surface area contributed by atoms with Crippen molar-refractivity contribution >= 4 is 13.8 Å². The molecule has 0 bridgehead atoms. The van der Waals surface area contributed by atoms with Crippen molar-refractivity contribution in [2.45, 2.75) is 154 Å². The second-order valence-corrected chi connectivity index (χ2v) is 15.9. The molecule has 0 aromatic heterocycles. The Balaban J connectivity index is 3.44. The Morgan fingerprint density at radius 1 is 0.627 bits per heavy atom. The number of unbranched alkanes of at least 4 members (excludes halogenated alkanes) is 15. The third-order valence-corrected chi connectivity index (χ3v) is 9.25. The summed E-state index contributed by atoms with van der Waals surface area (Å²) in [6, 6.07) is 0. The smallest absolute Gasteiger partial charge is 0.305 e. The molecule has 9 heteroatoms. The minimum atomic E-state index is -4.50. The first-order valence-electron chi connectivity index (χ1n) is 20.0. The number of quaternary nitrogens is 1. The number of phosphoric ester groups is 1. The number of likely N-dealkylation sites (N-methyl/N-ethyl adjacent to an activating group) is 1. The fourth-order valence-corrected chi connectivity index (χ4v) is 5.88. The number of hydrogen-bond donors (Lipinski definition) is 1. The lowest BCUT2D eigenvalue weighted by atomic mass is 10.0. The molecule has 51 heavy (non-hydrogen) atoms. The summed E-state index contributed by atoms with van der Waals surface area (Å²) in [5.41, 5.74) is 0. The average molecular weight is 738 g/mol. The van der Waals surface area contributed by atoms with E-state index in [1.165, 1.54) is 83.5 Å². The van der Waals surface area contributed by atoms with Gasteiger partial charge < -0.3 is 28.3 Å². The second kappa shape index (κ2) is 35.2. The molecular weight excluding hydrogens is 661 g/mol. The van der Waals surface area contributed by atoms with Crippen molar-refractivity contribution in [1.82, 2.24) is 0 Å². The van der Waals surface area contributed by atoms with Crippen LogP contribution in [0.3, 0.4) is 0 Å². The largest absolute Gasteiger partial charge is 0.756 e. The fourth-order valence-electron chi connectivity index (χ4n) is 5.15. The van der Waals surface area contributed by atoms with E-state index in [0.29, 0.717) is 17.4 Å². The lowest BCUT2D eigenvalue weighted by Crippen LogP contribution is -2.37. The number of hydrogen-bond acceptors (Lipinski definition) is 7. The molecule has 0 aromatic rings. The molecule has 0 saturated carbocycles. The van der Waals surface area contributed by atoms with Gasteiger partial charge in [0.15, 0.2) is 0 Å². The predicted octanol–water partition coefficient (Wildman–Crippen LogP) is 10.5. The highest BCUT2D eigenvalue weighted by atomic mass is 31.2. The molecule has 2 unspecified atom stereocenters. The highest BCUT2D eigenvalue weighted by Crippen LogP contribution is 2.38. The van der Waals surface area contributed by atoms with E-state index in [1.807, 2.05) is 21.1 Å². The highest BCUT2D eigenvalue weighted by Gasteiger charge is 2.16. The molecule has 0 amide bonds. The van der Waals surface area contributed by atoms with E-state index in [2.05, 4.69) is 72.2 Å². The van der Waals surface area contributed by atoms with Gasteiger partial charge in [0.05, 0.1) is 27.7 Å². The summed E-state index contributed by atoms with van der Waals surface area (Å²) in [4.78, 5) is 23.7. The van der Waals surface area contributed by atoms with Gasteiger partial charge in [0, 0.05) is 6.42 Å². The van der Waals surface area contributed by atoms with Crippen LogP contribution < -0.4 is 4.89 Å². The van der Waals surface area contributed by atoms with Gasteiger partial charge in [0.1, 0.15) is 25.9 Å². The van der Waals surface area contributed by atoms with Crippen molar-refractivity contribution in [3.05, 3.63) is 60.8 Å². The lowest BCUT2D eigenvalue weighted by Gasteiger charge is -2.27. The SMILES string of the molecule is CC/C=C\C/C=C\C/C=C\C/C=C\C/C=C\CCCCCCCCCCCCCCCCCC(=O)OCC(O)COP(=O)([O-])OCC[N+](C)(C)C. The van der Waals surface area contributed by atoms with Crippen molar-refractivity contribution in [2.75, 3.05) is 47.5 Å². The average Bonchev–Trinajstić information content (AvgIpc) is 3.08. The topological polar surface area (TPSA) is 105 Å². The maximum Gasteiger partial charge on any atom is 0.305 e. The van der Waals surface area contributed by atoms with Crippen LogP contribution in [0.25, 0.3) is 0 Å². The van der Waals surface area contributed by atoms with E-state index in [-0.39, 0.29) is 19.2 Å². The van der Waals surface area contributed by atoms with Crippen LogP contribution in [0.5, 0.6) is 0 Å². The summed E-state index contributed by atoms with van der Waals surface area (Å²) < 4.78 is 26.8. The van der Waals surface area contributed by atoms with Gasteiger partial charge in [0.25, 0.3) is 7.82 Å². The second-order valence-electron chi connectivity index (χ2n) is 14.5. The fraction of sp³-hybridized carbons (Fsp3) is 0.738. The van der Waals surface area contributed by atoms with Crippen LogP contribution >= 0.6 is 7.82 Å². The van der Waals surface area contributed by atoms with Gasteiger partial charge in [-0.3, -0.25) is 9.36 Å². The van der Waals surface area contributed by atoms with Crippen LogP contribution in [0.15, 0.2) is 60.8 Å². The number of nitrogens with zero attached hydrogens (tertiary/aromatic N) is 1. The van der Waals surface area contributed by atoms with Crippen LogP contribution in [-0.4, -0.2) is 69.2 Å². The van der Waals surface area contributed by atoms with Crippen molar-refractivity contribution in [3.8, 4) is 0 Å². The predicted molar refractivity (Wildman–Crippen MR) is 212 cm³/mol. The number of esters is 1. The summed E-state index contributed by atoms with van der Waals surface area (Å²) in [7, 11) is 1.25. The highest BCUT2D eigenvalue weighted by molar-refractivity contribution is 7.45. The first kappa shape index (κ1) is 49.2. The van der Waals surface area contributed by atoms with Gasteiger partial charge in [-0.2, -0.15) is 0 Å². The molecule has 8 nitrogen and oxygen atoms in total. The Kier molecular flexibility index (Phi) is 34.0. The zero-order chi connectivity index (χ0) is 37.7. The quantitative estimate of drug-likeness (QED) is 0.0224. The zero-order valence-corrected chi connectivity index (χ0v) is 33.9. The van der Waals surface area contributed by atoms with Crippen LogP contribution in [0.4, 0.5) is 0 Å². The first-order chi connectivity index (χ1) is 24.6. The van der Waals surface area contributed by atoms with Gasteiger partial charge in [0.2, 0.25) is 0 Å². The van der Waals surface area contributed by atoms with E-state index in [1.54, 1.807) is 0 Å². The van der Waals surface area contributed by atoms with Gasteiger partial charge in [-0.1, -0.05) is 151 Å². The van der Waals surface area contributed by atoms with Crippen molar-refractivity contribution < 1.29 is 37.6 Å². The van der Waals surface area contributed by atoms with E-state index in [9.17, 15) is 19.4 Å². The maximum atomic E-state index is 11.9. The number of carbonyl (C=O) groups is 1. The number of phosphoric acid groups is 1. The minimum absolute atomic E-state index is 0.00957. The van der Waals surface area contributed by atoms with Gasteiger partial charge in [-0.05, 0) is 51.4 Å². The number of rotatable bonds is 36. The summed E-state index contributed by atoms with van der Waals surface area (Å²) in [5.74, 6) is -0.389. The van der Waals surface area contributed by atoms with E-state index >= 15 is 0 Å². The molecule has 0 rings (SSSR count). The standard InChI is InChI=1S/C42H76NO7P/c1-5-6-7-8-9-10-11-12-13-14-15-16-17-18-19-20-21-22-23-24-25-26-27-28-29-30-31-32-33-34-35-36-42(45)48-39-41(44)40-50-51(46,47)49-38-37-43(2,3)4/h6-7,9-10,12-13,15-16,18-19,41,44H,5,8,11,14,17,20-40H2,1-4H3/b7-6-,10-9-,13-12-,16-15-,19-18-. The third kappa shape index (κ3) is 40.8. The molecule has 0 fully saturated rings. The van der Waals surface area contributed by atoms with Crippen LogP contribution in [0.1, 0.15) is 148 Å². The molecule has 296 valence electrons. The lowest BCUT2D eigenvalue weighted by molar-refractivity contribution is -0.870. The molecule has 0 spiro atoms. The first-order valence-corrected chi connectivity index (χ1v) is 21.5. The Morgan fingerprint density at radius 2 is 1.04 bits per heavy atom. The molecule has 1 N–H and O–H groups in total. The Hall–Kier alpha value is -1.80. The molecule has 0 aliphatic rings. The maximum absolute atomic E-state index is 11.9. The number of aliphatic hydroxyl groups excluding tert-OH is 1. The van der Waals surface area contributed by atoms with E-state index in [0.717, 1.165) is 51.4 Å². The Labute approximate surface area is 313 Å². The third-order valence-electron chi connectivity index (χ3n) is 8.28. The molecule has 0 aliphatic heterocycles. The van der Waals surface area contributed by atoms with Crippen LogP contribution in [-0.2, 0) is 23.1 Å². The number of ether oxygens (including phenoxy) is 1. The molecule has 0 heterocycles.